The van der Waals surface area contributed by atoms with E-state index in [9.17, 15) is 15.0 Å². The van der Waals surface area contributed by atoms with Gasteiger partial charge in [-0.05, 0) is 71.5 Å². The van der Waals surface area contributed by atoms with Crippen LogP contribution in [0.5, 0.6) is 0 Å². The molecule has 2 fully saturated rings. The molecule has 2 aliphatic rings. The second kappa shape index (κ2) is 14.9. The molecule has 7 rings (SSSR count). The zero-order valence-corrected chi connectivity index (χ0v) is 27.6. The molecular formula is C40H42N4O5. The number of fused-ring (bicyclic) bond motifs is 1. The first kappa shape index (κ1) is 33.0. The lowest BCUT2D eigenvalue weighted by atomic mass is 9.89. The fraction of sp³-hybridized carbons (Fsp3) is 0.325. The van der Waals surface area contributed by atoms with E-state index in [1.54, 1.807) is 0 Å². The summed E-state index contributed by atoms with van der Waals surface area (Å²) in [6.45, 7) is 4.32. The number of hydrogen-bond donors (Lipinski definition) is 3. The molecule has 0 spiro atoms. The van der Waals surface area contributed by atoms with E-state index >= 15 is 0 Å². The van der Waals surface area contributed by atoms with Crippen molar-refractivity contribution in [2.24, 2.45) is 5.92 Å². The lowest BCUT2D eigenvalue weighted by molar-refractivity contribution is -0.276. The van der Waals surface area contributed by atoms with E-state index in [1.807, 2.05) is 72.8 Å². The number of para-hydroxylation sites is 2. The van der Waals surface area contributed by atoms with E-state index in [2.05, 4.69) is 51.4 Å². The topological polar surface area (TPSA) is 117 Å². The van der Waals surface area contributed by atoms with Crippen molar-refractivity contribution < 1.29 is 24.5 Å². The minimum absolute atomic E-state index is 0.00722. The average molecular weight is 659 g/mol. The van der Waals surface area contributed by atoms with Crippen molar-refractivity contribution in [3.05, 3.63) is 131 Å². The number of hydrogen-bond acceptors (Lipinski definition) is 8. The van der Waals surface area contributed by atoms with Gasteiger partial charge in [0.25, 0.3) is 5.91 Å². The highest BCUT2D eigenvalue weighted by Gasteiger charge is 2.40. The summed E-state index contributed by atoms with van der Waals surface area (Å²) in [5.74, 6) is -0.215. The molecule has 0 aliphatic carbocycles. The summed E-state index contributed by atoms with van der Waals surface area (Å²) in [6, 6.07) is 31.9. The predicted octanol–water partition coefficient (Wildman–Crippen LogP) is 5.97. The first-order chi connectivity index (χ1) is 24.0. The molecule has 0 bridgehead atoms. The Balaban J connectivity index is 1.10. The lowest BCUT2D eigenvalue weighted by Gasteiger charge is -2.43. The first-order valence-corrected chi connectivity index (χ1v) is 17.0. The van der Waals surface area contributed by atoms with E-state index in [0.717, 1.165) is 64.8 Å². The maximum Gasteiger partial charge on any atom is 0.271 e. The normalized spacial score (nSPS) is 22.7. The number of ether oxygens (including phenoxy) is 2. The van der Waals surface area contributed by atoms with Gasteiger partial charge in [0, 0.05) is 30.6 Å². The van der Waals surface area contributed by atoms with Gasteiger partial charge in [-0.3, -0.25) is 14.7 Å². The summed E-state index contributed by atoms with van der Waals surface area (Å²) in [5, 5.41) is 22.6. The van der Waals surface area contributed by atoms with E-state index < -0.39 is 6.29 Å². The number of aliphatic hydroxyl groups excluding tert-OH is 2. The van der Waals surface area contributed by atoms with Crippen LogP contribution in [0.4, 0.5) is 0 Å². The first-order valence-electron chi connectivity index (χ1n) is 17.0. The third-order valence-electron chi connectivity index (χ3n) is 9.80. The van der Waals surface area contributed by atoms with Crippen LogP contribution in [0, 0.1) is 5.92 Å². The number of aliphatic hydroxyl groups is 2. The summed E-state index contributed by atoms with van der Waals surface area (Å²) in [4.78, 5) is 24.1. The highest BCUT2D eigenvalue weighted by Crippen LogP contribution is 2.43. The predicted molar refractivity (Wildman–Crippen MR) is 187 cm³/mol. The molecule has 9 nitrogen and oxygen atoms in total. The Morgan fingerprint density at radius 3 is 2.45 bits per heavy atom. The third-order valence-corrected chi connectivity index (χ3v) is 9.80. The minimum Gasteiger partial charge on any atom is -0.395 e. The van der Waals surface area contributed by atoms with E-state index in [-0.39, 0.29) is 49.0 Å². The molecule has 0 radical (unpaired) electrons. The van der Waals surface area contributed by atoms with Crippen LogP contribution < -0.4 is 5.32 Å². The molecule has 252 valence electrons. The van der Waals surface area contributed by atoms with Gasteiger partial charge in [-0.1, -0.05) is 79.7 Å². The summed E-state index contributed by atoms with van der Waals surface area (Å²) in [6.07, 6.45) is 2.65. The number of amides is 1. The number of benzene rings is 4. The Labute approximate surface area is 286 Å². The molecule has 9 heteroatoms. The zero-order chi connectivity index (χ0) is 33.7. The smallest absolute Gasteiger partial charge is 0.271 e. The van der Waals surface area contributed by atoms with Crippen molar-refractivity contribution in [3.63, 3.8) is 0 Å². The highest BCUT2D eigenvalue weighted by molar-refractivity contribution is 5.93. The third kappa shape index (κ3) is 7.41. The van der Waals surface area contributed by atoms with Crippen LogP contribution in [-0.2, 0) is 22.6 Å². The molecule has 5 atom stereocenters. The molecule has 0 unspecified atom stereocenters. The quantitative estimate of drug-likeness (QED) is 0.168. The molecule has 2 aliphatic heterocycles. The van der Waals surface area contributed by atoms with Crippen molar-refractivity contribution >= 4 is 16.9 Å². The summed E-state index contributed by atoms with van der Waals surface area (Å²) in [5.41, 5.74) is 7.51. The Bertz CT molecular complexity index is 1900. The van der Waals surface area contributed by atoms with Crippen molar-refractivity contribution in [2.45, 2.75) is 57.5 Å². The van der Waals surface area contributed by atoms with Crippen LogP contribution in [0.25, 0.3) is 22.2 Å². The minimum atomic E-state index is -0.593. The van der Waals surface area contributed by atoms with E-state index in [0.29, 0.717) is 12.1 Å². The van der Waals surface area contributed by atoms with Gasteiger partial charge in [-0.15, -0.1) is 0 Å². The molecule has 3 N–H and O–H groups in total. The van der Waals surface area contributed by atoms with Crippen LogP contribution in [0.2, 0.25) is 0 Å². The number of carbonyl (C=O) groups is 1. The van der Waals surface area contributed by atoms with Gasteiger partial charge in [0.1, 0.15) is 5.69 Å². The number of rotatable bonds is 10. The number of carbonyl (C=O) groups excluding carboxylic acids is 1. The molecular weight excluding hydrogens is 616 g/mol. The van der Waals surface area contributed by atoms with Crippen molar-refractivity contribution in [3.8, 4) is 11.1 Å². The number of aromatic nitrogens is 2. The van der Waals surface area contributed by atoms with E-state index in [1.165, 1.54) is 6.20 Å². The maximum atomic E-state index is 12.9. The molecule has 1 aromatic heterocycles. The monoisotopic (exact) mass is 658 g/mol. The Morgan fingerprint density at radius 1 is 0.878 bits per heavy atom. The largest absolute Gasteiger partial charge is 0.395 e. The van der Waals surface area contributed by atoms with Gasteiger partial charge < -0.3 is 25.0 Å². The second-order valence-electron chi connectivity index (χ2n) is 13.0. The molecule has 4 aromatic carbocycles. The second-order valence-corrected chi connectivity index (χ2v) is 13.0. The van der Waals surface area contributed by atoms with Gasteiger partial charge in [0.05, 0.1) is 42.7 Å². The Kier molecular flexibility index (Phi) is 10.1. The van der Waals surface area contributed by atoms with Gasteiger partial charge in [0.2, 0.25) is 0 Å². The van der Waals surface area contributed by atoms with Crippen molar-refractivity contribution in [1.82, 2.24) is 20.2 Å². The standard InChI is InChI=1S/C40H42N4O5/c1-26-37(23-44-18-6-11-33(44)25-46)48-40(49-38(26)29-16-14-27(24-45)15-17-29)32-10-5-9-31(20-32)30-8-4-7-28(19-30)21-42-39(47)36-22-41-34-12-2-3-13-35(34)43-36/h2-5,7-10,12-17,19-20,22,26,33,37-38,40,45-46H,6,11,18,21,23-25H2,1H3,(H,42,47)/t26-,33+,37+,38+,40+/m1/s1. The fourth-order valence-corrected chi connectivity index (χ4v) is 6.97. The maximum absolute atomic E-state index is 12.9. The molecule has 49 heavy (non-hydrogen) atoms. The molecule has 3 heterocycles. The van der Waals surface area contributed by atoms with Gasteiger partial charge in [-0.2, -0.15) is 0 Å². The van der Waals surface area contributed by atoms with Crippen LogP contribution in [-0.4, -0.2) is 62.8 Å². The van der Waals surface area contributed by atoms with Crippen LogP contribution >= 0.6 is 0 Å². The van der Waals surface area contributed by atoms with Gasteiger partial charge in [-0.25, -0.2) is 4.98 Å². The van der Waals surface area contributed by atoms with Gasteiger partial charge in [0.15, 0.2) is 6.29 Å². The fourth-order valence-electron chi connectivity index (χ4n) is 6.97. The molecule has 0 saturated carbocycles. The van der Waals surface area contributed by atoms with Crippen LogP contribution in [0.3, 0.4) is 0 Å². The molecule has 5 aromatic rings. The van der Waals surface area contributed by atoms with Crippen molar-refractivity contribution in [2.75, 3.05) is 19.7 Å². The number of nitrogens with one attached hydrogen (secondary N) is 1. The summed E-state index contributed by atoms with van der Waals surface area (Å²) in [7, 11) is 0. The lowest BCUT2D eigenvalue weighted by Crippen LogP contribution is -2.46. The SMILES string of the molecule is C[C@@H]1[C@H](CN2CCC[C@H]2CO)O[C@H](c2cccc(-c3cccc(CNC(=O)c4cnc5ccccc5n4)c3)c2)O[C@@H]1c1ccc(CO)cc1. The summed E-state index contributed by atoms with van der Waals surface area (Å²) < 4.78 is 13.5. The highest BCUT2D eigenvalue weighted by atomic mass is 16.7. The van der Waals surface area contributed by atoms with Crippen LogP contribution in [0.1, 0.15) is 64.9 Å². The average Bonchev–Trinajstić information content (AvgIpc) is 3.61. The Hall–Kier alpha value is -4.51. The van der Waals surface area contributed by atoms with Crippen LogP contribution in [0.15, 0.2) is 103 Å². The number of nitrogens with zero attached hydrogens (tertiary/aromatic N) is 3. The zero-order valence-electron chi connectivity index (χ0n) is 27.6. The van der Waals surface area contributed by atoms with Crippen molar-refractivity contribution in [1.29, 1.82) is 0 Å². The molecule has 1 amide bonds. The summed E-state index contributed by atoms with van der Waals surface area (Å²) >= 11 is 0. The van der Waals surface area contributed by atoms with E-state index in [4.69, 9.17) is 9.47 Å². The number of likely N-dealkylation sites (tertiary alicyclic amines) is 1. The Morgan fingerprint density at radius 2 is 1.65 bits per heavy atom. The van der Waals surface area contributed by atoms with Gasteiger partial charge >= 0.3 is 0 Å². The molecule has 2 saturated heterocycles.